The summed E-state index contributed by atoms with van der Waals surface area (Å²) < 4.78 is 0. The van der Waals surface area contributed by atoms with Gasteiger partial charge in [-0.15, -0.1) is 11.3 Å². The minimum Gasteiger partial charge on any atom is -0.298 e. The molecule has 3 amide bonds. The Labute approximate surface area is 195 Å². The van der Waals surface area contributed by atoms with E-state index in [4.69, 9.17) is 0 Å². The van der Waals surface area contributed by atoms with Gasteiger partial charge >= 0.3 is 0 Å². The zero-order valence-corrected chi connectivity index (χ0v) is 18.5. The second-order valence-corrected chi connectivity index (χ2v) is 8.15. The van der Waals surface area contributed by atoms with Crippen molar-refractivity contribution in [1.29, 1.82) is 0 Å². The van der Waals surface area contributed by atoms with Crippen LogP contribution in [0.2, 0.25) is 0 Å². The minimum absolute atomic E-state index is 0.0316. The standard InChI is InChI=1S/C26H21N3O3S/c30-23(17-19-9-3-1-4-10-19)29(24(31)18-20-11-5-2-6-12-20)22-14-8-7-13-21(22)25(32)28-26-27-15-16-33-26/h1-16H,17-18H2,(H,27,28,32). The van der Waals surface area contributed by atoms with Gasteiger partial charge in [0.25, 0.3) is 5.91 Å². The third kappa shape index (κ3) is 5.58. The number of aromatic nitrogens is 1. The highest BCUT2D eigenvalue weighted by Crippen LogP contribution is 2.25. The van der Waals surface area contributed by atoms with E-state index in [2.05, 4.69) is 10.3 Å². The molecule has 0 aliphatic heterocycles. The Balaban J connectivity index is 1.69. The average Bonchev–Trinajstić information content (AvgIpc) is 3.34. The molecule has 164 valence electrons. The lowest BCUT2D eigenvalue weighted by Crippen LogP contribution is -2.40. The number of para-hydroxylation sites is 1. The number of amides is 3. The van der Waals surface area contributed by atoms with Crippen molar-refractivity contribution in [2.24, 2.45) is 0 Å². The van der Waals surface area contributed by atoms with Crippen LogP contribution in [0.4, 0.5) is 10.8 Å². The third-order valence-electron chi connectivity index (χ3n) is 4.94. The van der Waals surface area contributed by atoms with E-state index < -0.39 is 17.7 Å². The van der Waals surface area contributed by atoms with Crippen molar-refractivity contribution in [3.63, 3.8) is 0 Å². The normalized spacial score (nSPS) is 10.4. The summed E-state index contributed by atoms with van der Waals surface area (Å²) >= 11 is 1.29. The van der Waals surface area contributed by atoms with E-state index in [1.165, 1.54) is 11.3 Å². The highest BCUT2D eigenvalue weighted by atomic mass is 32.1. The molecule has 0 bridgehead atoms. The van der Waals surface area contributed by atoms with Crippen LogP contribution in [0.1, 0.15) is 21.5 Å². The SMILES string of the molecule is O=C(Nc1nccs1)c1ccccc1N(C(=O)Cc1ccccc1)C(=O)Cc1ccccc1. The molecular formula is C26H21N3O3S. The highest BCUT2D eigenvalue weighted by Gasteiger charge is 2.27. The van der Waals surface area contributed by atoms with Gasteiger partial charge in [-0.2, -0.15) is 0 Å². The summed E-state index contributed by atoms with van der Waals surface area (Å²) in [6.07, 6.45) is 1.65. The Hall–Kier alpha value is -4.10. The molecular weight excluding hydrogens is 434 g/mol. The van der Waals surface area contributed by atoms with Gasteiger partial charge in [-0.3, -0.25) is 19.7 Å². The minimum atomic E-state index is -0.439. The summed E-state index contributed by atoms with van der Waals surface area (Å²) in [5.74, 6) is -1.25. The van der Waals surface area contributed by atoms with Gasteiger partial charge in [-0.25, -0.2) is 9.88 Å². The quantitative estimate of drug-likeness (QED) is 0.437. The molecule has 0 unspecified atom stereocenters. The largest absolute Gasteiger partial charge is 0.298 e. The molecule has 0 saturated heterocycles. The molecule has 4 aromatic rings. The van der Waals surface area contributed by atoms with Crippen LogP contribution in [0, 0.1) is 0 Å². The summed E-state index contributed by atoms with van der Waals surface area (Å²) in [7, 11) is 0. The molecule has 0 radical (unpaired) electrons. The summed E-state index contributed by atoms with van der Waals surface area (Å²) in [5, 5.41) is 4.92. The van der Waals surface area contributed by atoms with Gasteiger partial charge in [-0.05, 0) is 23.3 Å². The number of nitrogens with zero attached hydrogens (tertiary/aromatic N) is 2. The maximum atomic E-state index is 13.4. The Kier molecular flexibility index (Phi) is 7.02. The predicted molar refractivity (Wildman–Crippen MR) is 129 cm³/mol. The molecule has 3 aromatic carbocycles. The maximum absolute atomic E-state index is 13.4. The van der Waals surface area contributed by atoms with Crippen molar-refractivity contribution in [2.75, 3.05) is 10.2 Å². The van der Waals surface area contributed by atoms with Crippen LogP contribution >= 0.6 is 11.3 Å². The second kappa shape index (κ2) is 10.5. The fourth-order valence-corrected chi connectivity index (χ4v) is 3.94. The fourth-order valence-electron chi connectivity index (χ4n) is 3.42. The van der Waals surface area contributed by atoms with Gasteiger partial charge in [0, 0.05) is 11.6 Å². The van der Waals surface area contributed by atoms with Crippen molar-refractivity contribution >= 4 is 39.9 Å². The van der Waals surface area contributed by atoms with Crippen LogP contribution in [0.25, 0.3) is 0 Å². The van der Waals surface area contributed by atoms with Crippen molar-refractivity contribution in [1.82, 2.24) is 4.98 Å². The molecule has 7 heteroatoms. The number of imide groups is 1. The van der Waals surface area contributed by atoms with Crippen molar-refractivity contribution < 1.29 is 14.4 Å². The highest BCUT2D eigenvalue weighted by molar-refractivity contribution is 7.13. The predicted octanol–water partition coefficient (Wildman–Crippen LogP) is 4.74. The van der Waals surface area contributed by atoms with Gasteiger partial charge < -0.3 is 0 Å². The zero-order valence-electron chi connectivity index (χ0n) is 17.7. The number of carbonyl (C=O) groups excluding carboxylic acids is 3. The number of carbonyl (C=O) groups is 3. The van der Waals surface area contributed by atoms with Gasteiger partial charge in [-0.1, -0.05) is 72.8 Å². The molecule has 1 aromatic heterocycles. The number of thiazole rings is 1. The summed E-state index contributed by atoms with van der Waals surface area (Å²) in [5.41, 5.74) is 2.03. The van der Waals surface area contributed by atoms with Gasteiger partial charge in [0.2, 0.25) is 11.8 Å². The van der Waals surface area contributed by atoms with Crippen LogP contribution in [0.15, 0.2) is 96.5 Å². The number of anilines is 2. The van der Waals surface area contributed by atoms with Crippen molar-refractivity contribution in [2.45, 2.75) is 12.8 Å². The topological polar surface area (TPSA) is 79.4 Å². The number of benzene rings is 3. The Morgan fingerprint density at radius 1 is 0.758 bits per heavy atom. The molecule has 1 N–H and O–H groups in total. The molecule has 6 nitrogen and oxygen atoms in total. The van der Waals surface area contributed by atoms with Crippen molar-refractivity contribution in [3.8, 4) is 0 Å². The average molecular weight is 456 g/mol. The molecule has 0 spiro atoms. The smallest absolute Gasteiger partial charge is 0.259 e. The molecule has 0 aliphatic carbocycles. The summed E-state index contributed by atoms with van der Waals surface area (Å²) in [6.45, 7) is 0. The van der Waals surface area contributed by atoms with Crippen molar-refractivity contribution in [3.05, 3.63) is 113 Å². The molecule has 0 saturated carbocycles. The number of rotatable bonds is 7. The van der Waals surface area contributed by atoms with E-state index in [9.17, 15) is 14.4 Å². The summed E-state index contributed by atoms with van der Waals surface area (Å²) in [4.78, 5) is 45.0. The summed E-state index contributed by atoms with van der Waals surface area (Å²) in [6, 6.07) is 25.0. The number of hydrogen-bond donors (Lipinski definition) is 1. The van der Waals surface area contributed by atoms with Crippen LogP contribution < -0.4 is 10.2 Å². The maximum Gasteiger partial charge on any atom is 0.259 e. The molecule has 33 heavy (non-hydrogen) atoms. The first-order valence-corrected chi connectivity index (χ1v) is 11.2. The first-order valence-electron chi connectivity index (χ1n) is 10.4. The van der Waals surface area contributed by atoms with E-state index in [-0.39, 0.29) is 24.1 Å². The third-order valence-corrected chi connectivity index (χ3v) is 5.63. The van der Waals surface area contributed by atoms with Gasteiger partial charge in [0.05, 0.1) is 24.1 Å². The molecule has 1 heterocycles. The van der Waals surface area contributed by atoms with Crippen LogP contribution in [0.3, 0.4) is 0 Å². The van der Waals surface area contributed by atoms with E-state index in [0.717, 1.165) is 16.0 Å². The number of nitrogens with one attached hydrogen (secondary N) is 1. The van der Waals surface area contributed by atoms with Crippen LogP contribution in [-0.4, -0.2) is 22.7 Å². The van der Waals surface area contributed by atoms with E-state index in [0.29, 0.717) is 5.13 Å². The molecule has 0 atom stereocenters. The second-order valence-electron chi connectivity index (χ2n) is 7.26. The Morgan fingerprint density at radius 3 is 1.85 bits per heavy atom. The lowest BCUT2D eigenvalue weighted by atomic mass is 10.1. The zero-order chi connectivity index (χ0) is 23.0. The Morgan fingerprint density at radius 2 is 1.30 bits per heavy atom. The molecule has 0 fully saturated rings. The first kappa shape index (κ1) is 22.1. The first-order chi connectivity index (χ1) is 16.1. The van der Waals surface area contributed by atoms with Gasteiger partial charge in [0.1, 0.15) is 0 Å². The number of hydrogen-bond acceptors (Lipinski definition) is 5. The lowest BCUT2D eigenvalue weighted by molar-refractivity contribution is -0.125. The van der Waals surface area contributed by atoms with Gasteiger partial charge in [0.15, 0.2) is 5.13 Å². The monoisotopic (exact) mass is 455 g/mol. The molecule has 0 aliphatic rings. The fraction of sp³-hybridized carbons (Fsp3) is 0.0769. The van der Waals surface area contributed by atoms with Crippen LogP contribution in [0.5, 0.6) is 0 Å². The Bertz CT molecular complexity index is 1190. The van der Waals surface area contributed by atoms with E-state index in [1.54, 1.807) is 35.8 Å². The molecule has 4 rings (SSSR count). The van der Waals surface area contributed by atoms with E-state index >= 15 is 0 Å². The van der Waals surface area contributed by atoms with Crippen LogP contribution in [-0.2, 0) is 22.4 Å². The van der Waals surface area contributed by atoms with E-state index in [1.807, 2.05) is 60.7 Å². The lowest BCUT2D eigenvalue weighted by Gasteiger charge is -2.23.